The fraction of sp³-hybridized carbons (Fsp3) is 0.273. The Kier molecular flexibility index (Phi) is 5.41. The van der Waals surface area contributed by atoms with Crippen LogP contribution in [0.3, 0.4) is 0 Å². The molecule has 0 saturated carbocycles. The lowest BCUT2D eigenvalue weighted by molar-refractivity contribution is -0.157. The van der Waals surface area contributed by atoms with Gasteiger partial charge in [-0.3, -0.25) is 4.79 Å². The molecule has 1 amide bonds. The highest BCUT2D eigenvalue weighted by atomic mass is 79.9. The van der Waals surface area contributed by atoms with E-state index in [-0.39, 0.29) is 10.6 Å². The van der Waals surface area contributed by atoms with E-state index in [0.717, 1.165) is 0 Å². The molecule has 1 atom stereocenters. The van der Waals surface area contributed by atoms with Gasteiger partial charge in [-0.15, -0.1) is 0 Å². The first-order valence-electron chi connectivity index (χ1n) is 5.16. The normalized spacial score (nSPS) is 12.8. The summed E-state index contributed by atoms with van der Waals surface area (Å²) in [6, 6.07) is 2.18. The van der Waals surface area contributed by atoms with Gasteiger partial charge in [0.1, 0.15) is 6.04 Å². The van der Waals surface area contributed by atoms with Crippen molar-refractivity contribution in [1.29, 1.82) is 0 Å². The molecule has 9 heteroatoms. The first-order valence-corrected chi connectivity index (χ1v) is 6.33. The van der Waals surface area contributed by atoms with E-state index in [0.29, 0.717) is 4.47 Å². The van der Waals surface area contributed by atoms with Crippen LogP contribution in [0, 0.1) is 0 Å². The molecule has 0 aliphatic heterocycles. The van der Waals surface area contributed by atoms with Crippen LogP contribution in [0.1, 0.15) is 16.8 Å². The van der Waals surface area contributed by atoms with Gasteiger partial charge in [0.2, 0.25) is 0 Å². The third-order valence-electron chi connectivity index (χ3n) is 2.24. The van der Waals surface area contributed by atoms with Crippen molar-refractivity contribution in [2.24, 2.45) is 0 Å². The predicted octanol–water partition coefficient (Wildman–Crippen LogP) is 3.24. The molecule has 0 spiro atoms. The minimum absolute atomic E-state index is 0.0128. The van der Waals surface area contributed by atoms with Gasteiger partial charge in [-0.1, -0.05) is 17.7 Å². The van der Waals surface area contributed by atoms with Crippen LogP contribution in [-0.4, -0.2) is 29.2 Å². The van der Waals surface area contributed by atoms with Gasteiger partial charge in [-0.2, -0.15) is 13.2 Å². The maximum atomic E-state index is 12.2. The number of carbonyl (C=O) groups excluding carboxylic acids is 1. The summed E-state index contributed by atoms with van der Waals surface area (Å²) < 4.78 is 37.0. The summed E-state index contributed by atoms with van der Waals surface area (Å²) in [7, 11) is 0. The van der Waals surface area contributed by atoms with Gasteiger partial charge in [0, 0.05) is 4.47 Å². The Morgan fingerprint density at radius 1 is 1.40 bits per heavy atom. The molecule has 20 heavy (non-hydrogen) atoms. The Morgan fingerprint density at radius 2 is 2.00 bits per heavy atom. The van der Waals surface area contributed by atoms with Gasteiger partial charge in [0.15, 0.2) is 0 Å². The Morgan fingerprint density at radius 3 is 2.50 bits per heavy atom. The number of carbonyl (C=O) groups is 2. The van der Waals surface area contributed by atoms with E-state index in [1.54, 1.807) is 5.32 Å². The number of nitrogens with one attached hydrogen (secondary N) is 1. The SMILES string of the molecule is O=C(NC(CC(F)(F)F)C(=O)O)c1cccc(Br)c1Cl. The highest BCUT2D eigenvalue weighted by Crippen LogP contribution is 2.26. The molecule has 1 aromatic carbocycles. The Bertz CT molecular complexity index is 536. The molecule has 0 heterocycles. The zero-order valence-corrected chi connectivity index (χ0v) is 12.0. The largest absolute Gasteiger partial charge is 0.480 e. The molecule has 1 aromatic rings. The summed E-state index contributed by atoms with van der Waals surface area (Å²) in [6.07, 6.45) is -6.38. The molecule has 2 N–H and O–H groups in total. The van der Waals surface area contributed by atoms with E-state index in [4.69, 9.17) is 16.7 Å². The lowest BCUT2D eigenvalue weighted by Gasteiger charge is -2.16. The lowest BCUT2D eigenvalue weighted by Crippen LogP contribution is -2.43. The Balaban J connectivity index is 2.92. The van der Waals surface area contributed by atoms with Crippen molar-refractivity contribution >= 4 is 39.4 Å². The van der Waals surface area contributed by atoms with Crippen molar-refractivity contribution in [3.05, 3.63) is 33.3 Å². The first kappa shape index (κ1) is 16.8. The number of hydrogen-bond acceptors (Lipinski definition) is 2. The minimum atomic E-state index is -4.71. The summed E-state index contributed by atoms with van der Waals surface area (Å²) in [5, 5.41) is 10.5. The average Bonchev–Trinajstić information content (AvgIpc) is 2.29. The molecule has 4 nitrogen and oxygen atoms in total. The van der Waals surface area contributed by atoms with Crippen LogP contribution in [0.4, 0.5) is 13.2 Å². The van der Waals surface area contributed by atoms with Crippen molar-refractivity contribution in [3.8, 4) is 0 Å². The topological polar surface area (TPSA) is 66.4 Å². The van der Waals surface area contributed by atoms with Gasteiger partial charge < -0.3 is 10.4 Å². The predicted molar refractivity (Wildman–Crippen MR) is 68.7 cm³/mol. The molecule has 110 valence electrons. The number of aliphatic carboxylic acids is 1. The van der Waals surface area contributed by atoms with Gasteiger partial charge in [0.05, 0.1) is 17.0 Å². The van der Waals surface area contributed by atoms with Gasteiger partial charge in [-0.25, -0.2) is 4.79 Å². The quantitative estimate of drug-likeness (QED) is 0.850. The van der Waals surface area contributed by atoms with Crippen LogP contribution in [0.25, 0.3) is 0 Å². The average molecular weight is 375 g/mol. The lowest BCUT2D eigenvalue weighted by atomic mass is 10.1. The number of alkyl halides is 3. The summed E-state index contributed by atoms with van der Waals surface area (Å²) in [5.41, 5.74) is -0.116. The molecule has 0 bridgehead atoms. The number of rotatable bonds is 4. The van der Waals surface area contributed by atoms with E-state index >= 15 is 0 Å². The van der Waals surface area contributed by atoms with Gasteiger partial charge in [-0.05, 0) is 28.1 Å². The molecule has 0 aromatic heterocycles. The fourth-order valence-corrected chi connectivity index (χ4v) is 1.92. The fourth-order valence-electron chi connectivity index (χ4n) is 1.35. The standard InChI is InChI=1S/C11H8BrClF3NO3/c12-6-3-1-2-5(8(6)13)9(18)17-7(10(19)20)4-11(14,15)16/h1-3,7H,4H2,(H,17,18)(H,19,20). The summed E-state index contributed by atoms with van der Waals surface area (Å²) in [4.78, 5) is 22.5. The molecule has 1 rings (SSSR count). The third kappa shape index (κ3) is 4.68. The molecule has 0 aliphatic rings. The number of amides is 1. The second kappa shape index (κ2) is 6.45. The van der Waals surface area contributed by atoms with Crippen LogP contribution in [0.5, 0.6) is 0 Å². The maximum absolute atomic E-state index is 12.2. The molecule has 0 saturated heterocycles. The van der Waals surface area contributed by atoms with Gasteiger partial charge in [0.25, 0.3) is 5.91 Å². The monoisotopic (exact) mass is 373 g/mol. The Hall–Kier alpha value is -1.28. The highest BCUT2D eigenvalue weighted by Gasteiger charge is 2.36. The van der Waals surface area contributed by atoms with Crippen molar-refractivity contribution in [1.82, 2.24) is 5.32 Å². The van der Waals surface area contributed by atoms with Crippen LogP contribution < -0.4 is 5.32 Å². The van der Waals surface area contributed by atoms with Crippen LogP contribution >= 0.6 is 27.5 Å². The smallest absolute Gasteiger partial charge is 0.391 e. The minimum Gasteiger partial charge on any atom is -0.480 e. The highest BCUT2D eigenvalue weighted by molar-refractivity contribution is 9.10. The number of carboxylic acids is 1. The zero-order chi connectivity index (χ0) is 15.5. The first-order chi connectivity index (χ1) is 9.11. The van der Waals surface area contributed by atoms with E-state index in [1.807, 2.05) is 0 Å². The summed E-state index contributed by atoms with van der Waals surface area (Å²) in [5.74, 6) is -2.77. The zero-order valence-electron chi connectivity index (χ0n) is 9.67. The second-order valence-corrected chi connectivity index (χ2v) is 5.02. The van der Waals surface area contributed by atoms with Crippen molar-refractivity contribution in [3.63, 3.8) is 0 Å². The van der Waals surface area contributed by atoms with Crippen LogP contribution in [0.2, 0.25) is 5.02 Å². The van der Waals surface area contributed by atoms with Crippen molar-refractivity contribution in [2.45, 2.75) is 18.6 Å². The van der Waals surface area contributed by atoms with Crippen LogP contribution in [-0.2, 0) is 4.79 Å². The number of halogens is 5. The van der Waals surface area contributed by atoms with E-state index in [1.165, 1.54) is 18.2 Å². The number of hydrogen-bond donors (Lipinski definition) is 2. The third-order valence-corrected chi connectivity index (χ3v) is 3.53. The van der Waals surface area contributed by atoms with Crippen molar-refractivity contribution < 1.29 is 27.9 Å². The van der Waals surface area contributed by atoms with Crippen molar-refractivity contribution in [2.75, 3.05) is 0 Å². The molecule has 1 unspecified atom stereocenters. The summed E-state index contributed by atoms with van der Waals surface area (Å²) >= 11 is 8.86. The Labute approximate surface area is 125 Å². The second-order valence-electron chi connectivity index (χ2n) is 3.78. The molecular formula is C11H8BrClF3NO3. The summed E-state index contributed by atoms with van der Waals surface area (Å²) in [6.45, 7) is 0. The van der Waals surface area contributed by atoms with E-state index < -0.39 is 30.5 Å². The number of benzene rings is 1. The molecular weight excluding hydrogens is 366 g/mol. The molecule has 0 radical (unpaired) electrons. The van der Waals surface area contributed by atoms with Gasteiger partial charge >= 0.3 is 12.1 Å². The maximum Gasteiger partial charge on any atom is 0.391 e. The number of carboxylic acid groups (broad SMARTS) is 1. The van der Waals surface area contributed by atoms with E-state index in [9.17, 15) is 22.8 Å². The van der Waals surface area contributed by atoms with E-state index in [2.05, 4.69) is 15.9 Å². The molecule has 0 fully saturated rings. The van der Waals surface area contributed by atoms with Crippen LogP contribution in [0.15, 0.2) is 22.7 Å². The molecule has 0 aliphatic carbocycles.